The first-order chi connectivity index (χ1) is 9.54. The van der Waals surface area contributed by atoms with Crippen molar-refractivity contribution in [3.05, 3.63) is 16.4 Å². The minimum Gasteiger partial charge on any atom is -0.364 e. The Hall–Kier alpha value is -1.92. The highest BCUT2D eigenvalue weighted by molar-refractivity contribution is 5.70. The van der Waals surface area contributed by atoms with Crippen LogP contribution in [-0.4, -0.2) is 34.0 Å². The van der Waals surface area contributed by atoms with Gasteiger partial charge >= 0.3 is 5.69 Å². The van der Waals surface area contributed by atoms with Crippen molar-refractivity contribution >= 4 is 17.3 Å². The largest absolute Gasteiger partial charge is 0.364 e. The van der Waals surface area contributed by atoms with Crippen LogP contribution >= 0.6 is 0 Å². The van der Waals surface area contributed by atoms with Crippen molar-refractivity contribution < 1.29 is 4.92 Å². The van der Waals surface area contributed by atoms with Crippen LogP contribution in [0.1, 0.15) is 33.6 Å². The summed E-state index contributed by atoms with van der Waals surface area (Å²) in [6, 6.07) is 0.262. The zero-order valence-corrected chi connectivity index (χ0v) is 12.2. The van der Waals surface area contributed by atoms with Gasteiger partial charge in [0.2, 0.25) is 11.6 Å². The molecule has 1 saturated heterocycles. The molecular weight excluding hydrogens is 258 g/mol. The number of rotatable bonds is 5. The second-order valence-electron chi connectivity index (χ2n) is 5.42. The fourth-order valence-electron chi connectivity index (χ4n) is 2.72. The Balaban J connectivity index is 2.39. The van der Waals surface area contributed by atoms with Crippen LogP contribution in [0.15, 0.2) is 6.33 Å². The van der Waals surface area contributed by atoms with E-state index >= 15 is 0 Å². The van der Waals surface area contributed by atoms with Gasteiger partial charge in [-0.15, -0.1) is 0 Å². The first-order valence-corrected chi connectivity index (χ1v) is 7.04. The van der Waals surface area contributed by atoms with Crippen LogP contribution in [0.2, 0.25) is 0 Å². The van der Waals surface area contributed by atoms with Crippen molar-refractivity contribution in [2.24, 2.45) is 5.92 Å². The second kappa shape index (κ2) is 6.02. The number of nitrogens with one attached hydrogen (secondary N) is 1. The first kappa shape index (κ1) is 14.5. The lowest BCUT2D eigenvalue weighted by molar-refractivity contribution is -0.383. The van der Waals surface area contributed by atoms with Crippen LogP contribution in [0.25, 0.3) is 0 Å². The van der Waals surface area contributed by atoms with Gasteiger partial charge in [0.1, 0.15) is 6.33 Å². The second-order valence-corrected chi connectivity index (χ2v) is 5.42. The Kier molecular flexibility index (Phi) is 4.36. The normalized spacial score (nSPS) is 22.1. The van der Waals surface area contributed by atoms with Gasteiger partial charge in [-0.1, -0.05) is 13.8 Å². The molecule has 1 aromatic heterocycles. The van der Waals surface area contributed by atoms with Crippen LogP contribution in [-0.2, 0) is 0 Å². The summed E-state index contributed by atoms with van der Waals surface area (Å²) in [7, 11) is 0. The van der Waals surface area contributed by atoms with Gasteiger partial charge in [0.15, 0.2) is 0 Å². The van der Waals surface area contributed by atoms with Gasteiger partial charge in [0.25, 0.3) is 0 Å². The van der Waals surface area contributed by atoms with Gasteiger partial charge in [-0.2, -0.15) is 0 Å². The molecule has 110 valence electrons. The predicted octanol–water partition coefficient (Wildman–Crippen LogP) is 2.44. The summed E-state index contributed by atoms with van der Waals surface area (Å²) < 4.78 is 0. The van der Waals surface area contributed by atoms with Crippen LogP contribution in [0, 0.1) is 16.0 Å². The minimum atomic E-state index is -0.386. The lowest BCUT2D eigenvalue weighted by atomic mass is 10.1. The van der Waals surface area contributed by atoms with Crippen LogP contribution < -0.4 is 10.2 Å². The smallest absolute Gasteiger partial charge is 0.353 e. The molecule has 7 heteroatoms. The fourth-order valence-corrected chi connectivity index (χ4v) is 2.72. The molecule has 2 heterocycles. The number of anilines is 2. The molecule has 2 unspecified atom stereocenters. The lowest BCUT2D eigenvalue weighted by Crippen LogP contribution is -2.28. The number of hydrogen-bond acceptors (Lipinski definition) is 6. The Labute approximate surface area is 118 Å². The minimum absolute atomic E-state index is 0.0121. The maximum Gasteiger partial charge on any atom is 0.353 e. The number of nitro groups is 1. The molecule has 1 aromatic rings. The monoisotopic (exact) mass is 279 g/mol. The van der Waals surface area contributed by atoms with Crippen LogP contribution in [0.3, 0.4) is 0 Å². The SMILES string of the molecule is CCCNc1ncnc(N2CC(C)CC2C)c1[N+](=O)[O-]. The van der Waals surface area contributed by atoms with E-state index in [0.29, 0.717) is 24.1 Å². The summed E-state index contributed by atoms with van der Waals surface area (Å²) in [6.45, 7) is 7.69. The van der Waals surface area contributed by atoms with Crippen molar-refractivity contribution in [1.82, 2.24) is 9.97 Å². The van der Waals surface area contributed by atoms with Crippen LogP contribution in [0.4, 0.5) is 17.3 Å². The Morgan fingerprint density at radius 3 is 2.80 bits per heavy atom. The molecule has 1 N–H and O–H groups in total. The van der Waals surface area contributed by atoms with Crippen molar-refractivity contribution in [3.8, 4) is 0 Å². The number of hydrogen-bond donors (Lipinski definition) is 1. The van der Waals surface area contributed by atoms with Gasteiger partial charge in [-0.25, -0.2) is 9.97 Å². The molecule has 1 fully saturated rings. The average Bonchev–Trinajstić information content (AvgIpc) is 2.74. The van der Waals surface area contributed by atoms with E-state index in [1.165, 1.54) is 6.33 Å². The zero-order chi connectivity index (χ0) is 14.7. The van der Waals surface area contributed by atoms with Crippen LogP contribution in [0.5, 0.6) is 0 Å². The number of aromatic nitrogens is 2. The molecule has 1 aliphatic heterocycles. The standard InChI is InChI=1S/C13H21N5O2/c1-4-5-14-12-11(18(19)20)13(16-8-15-12)17-7-9(2)6-10(17)3/h8-10H,4-7H2,1-3H3,(H,14,15,16). The average molecular weight is 279 g/mol. The third-order valence-corrected chi connectivity index (χ3v) is 3.58. The van der Waals surface area contributed by atoms with E-state index in [1.54, 1.807) is 0 Å². The highest BCUT2D eigenvalue weighted by Gasteiger charge is 2.34. The Morgan fingerprint density at radius 2 is 2.25 bits per heavy atom. The van der Waals surface area contributed by atoms with Gasteiger partial charge in [-0.3, -0.25) is 10.1 Å². The Bertz CT molecular complexity index is 494. The third-order valence-electron chi connectivity index (χ3n) is 3.58. The molecule has 2 rings (SSSR count). The predicted molar refractivity (Wildman–Crippen MR) is 78.1 cm³/mol. The van der Waals surface area contributed by atoms with Gasteiger partial charge < -0.3 is 10.2 Å². The van der Waals surface area contributed by atoms with Crippen molar-refractivity contribution in [2.45, 2.75) is 39.7 Å². The molecule has 0 saturated carbocycles. The maximum atomic E-state index is 11.4. The molecular formula is C13H21N5O2. The Morgan fingerprint density at radius 1 is 1.50 bits per heavy atom. The highest BCUT2D eigenvalue weighted by Crippen LogP contribution is 2.36. The molecule has 0 bridgehead atoms. The summed E-state index contributed by atoms with van der Waals surface area (Å²) in [5.41, 5.74) is -0.0121. The van der Waals surface area contributed by atoms with Crippen molar-refractivity contribution in [1.29, 1.82) is 0 Å². The summed E-state index contributed by atoms with van der Waals surface area (Å²) >= 11 is 0. The zero-order valence-electron chi connectivity index (χ0n) is 12.2. The van der Waals surface area contributed by atoms with E-state index in [1.807, 2.05) is 11.8 Å². The first-order valence-electron chi connectivity index (χ1n) is 7.04. The van der Waals surface area contributed by atoms with E-state index in [0.717, 1.165) is 19.4 Å². The molecule has 2 atom stereocenters. The highest BCUT2D eigenvalue weighted by atomic mass is 16.6. The van der Waals surface area contributed by atoms with Gasteiger partial charge in [-0.05, 0) is 25.7 Å². The van der Waals surface area contributed by atoms with Gasteiger partial charge in [0.05, 0.1) is 4.92 Å². The van der Waals surface area contributed by atoms with Crippen molar-refractivity contribution in [3.63, 3.8) is 0 Å². The molecule has 0 spiro atoms. The van der Waals surface area contributed by atoms with E-state index in [9.17, 15) is 10.1 Å². The van der Waals surface area contributed by atoms with Gasteiger partial charge in [0, 0.05) is 19.1 Å². The summed E-state index contributed by atoms with van der Waals surface area (Å²) in [6.07, 6.45) is 3.31. The van der Waals surface area contributed by atoms with E-state index in [2.05, 4.69) is 29.1 Å². The maximum absolute atomic E-state index is 11.4. The van der Waals surface area contributed by atoms with E-state index in [4.69, 9.17) is 0 Å². The molecule has 0 amide bonds. The molecule has 20 heavy (non-hydrogen) atoms. The molecule has 0 aliphatic carbocycles. The summed E-state index contributed by atoms with van der Waals surface area (Å²) in [5, 5.41) is 14.4. The molecule has 7 nitrogen and oxygen atoms in total. The van der Waals surface area contributed by atoms with E-state index in [-0.39, 0.29) is 16.7 Å². The number of nitrogens with zero attached hydrogens (tertiary/aromatic N) is 4. The van der Waals surface area contributed by atoms with E-state index < -0.39 is 0 Å². The lowest BCUT2D eigenvalue weighted by Gasteiger charge is -2.22. The molecule has 0 aromatic carbocycles. The fraction of sp³-hybridized carbons (Fsp3) is 0.692. The molecule has 0 radical (unpaired) electrons. The quantitative estimate of drug-likeness (QED) is 0.658. The third kappa shape index (κ3) is 2.81. The summed E-state index contributed by atoms with van der Waals surface area (Å²) in [4.78, 5) is 21.2. The molecule has 1 aliphatic rings. The van der Waals surface area contributed by atoms with Crippen molar-refractivity contribution in [2.75, 3.05) is 23.3 Å². The topological polar surface area (TPSA) is 84.2 Å². The summed E-state index contributed by atoms with van der Waals surface area (Å²) in [5.74, 6) is 1.26.